The van der Waals surface area contributed by atoms with Crippen molar-refractivity contribution in [3.05, 3.63) is 71.3 Å². The minimum atomic E-state index is 0.889. The van der Waals surface area contributed by atoms with E-state index in [-0.39, 0.29) is 0 Å². The van der Waals surface area contributed by atoms with Crippen LogP contribution < -0.4 is 0 Å². The molecule has 0 aliphatic heterocycles. The molecule has 0 saturated carbocycles. The quantitative estimate of drug-likeness (QED) is 0.562. The van der Waals surface area contributed by atoms with Crippen LogP contribution in [0.15, 0.2) is 54.6 Å². The molecule has 0 unspecified atom stereocenters. The highest BCUT2D eigenvalue weighted by Crippen LogP contribution is 2.20. The first-order valence-corrected chi connectivity index (χ1v) is 5.68. The number of hydrogen-bond acceptors (Lipinski definition) is 1. The van der Waals surface area contributed by atoms with Crippen LogP contribution in [0, 0.1) is 6.92 Å². The Labute approximate surface area is 102 Å². The SMILES string of the molecule is CO/C(=C/c1ccccc1C)c1ccccc1. The predicted octanol–water partition coefficient (Wildman–Crippen LogP) is 4.14. The van der Waals surface area contributed by atoms with Gasteiger partial charge in [0.05, 0.1) is 7.11 Å². The number of aryl methyl sites for hydroxylation is 1. The van der Waals surface area contributed by atoms with Gasteiger partial charge in [-0.15, -0.1) is 0 Å². The monoisotopic (exact) mass is 224 g/mol. The van der Waals surface area contributed by atoms with Crippen molar-refractivity contribution in [2.75, 3.05) is 7.11 Å². The third kappa shape index (κ3) is 2.76. The molecule has 1 nitrogen and oxygen atoms in total. The average Bonchev–Trinajstić information content (AvgIpc) is 2.39. The van der Waals surface area contributed by atoms with Gasteiger partial charge in [-0.3, -0.25) is 0 Å². The summed E-state index contributed by atoms with van der Waals surface area (Å²) in [5, 5.41) is 0. The molecule has 17 heavy (non-hydrogen) atoms. The second kappa shape index (κ2) is 5.35. The van der Waals surface area contributed by atoms with Crippen LogP contribution >= 0.6 is 0 Å². The molecule has 1 heteroatoms. The van der Waals surface area contributed by atoms with Gasteiger partial charge < -0.3 is 4.74 Å². The maximum atomic E-state index is 5.46. The maximum Gasteiger partial charge on any atom is 0.126 e. The number of hydrogen-bond donors (Lipinski definition) is 0. The van der Waals surface area contributed by atoms with Crippen molar-refractivity contribution >= 4 is 11.8 Å². The van der Waals surface area contributed by atoms with E-state index in [0.29, 0.717) is 0 Å². The molecule has 0 aliphatic carbocycles. The van der Waals surface area contributed by atoms with Crippen molar-refractivity contribution in [1.82, 2.24) is 0 Å². The van der Waals surface area contributed by atoms with E-state index < -0.39 is 0 Å². The van der Waals surface area contributed by atoms with Gasteiger partial charge in [-0.05, 0) is 24.1 Å². The molecule has 0 N–H and O–H groups in total. The molecule has 0 aliphatic rings. The lowest BCUT2D eigenvalue weighted by molar-refractivity contribution is 0.372. The summed E-state index contributed by atoms with van der Waals surface area (Å²) >= 11 is 0. The second-order valence-electron chi connectivity index (χ2n) is 3.94. The van der Waals surface area contributed by atoms with Gasteiger partial charge in [-0.1, -0.05) is 54.6 Å². The number of methoxy groups -OCH3 is 1. The maximum absolute atomic E-state index is 5.46. The molecule has 0 aromatic heterocycles. The van der Waals surface area contributed by atoms with Crippen LogP contribution in [0.3, 0.4) is 0 Å². The molecule has 2 rings (SSSR count). The summed E-state index contributed by atoms with van der Waals surface area (Å²) in [4.78, 5) is 0. The van der Waals surface area contributed by atoms with Crippen molar-refractivity contribution in [3.8, 4) is 0 Å². The topological polar surface area (TPSA) is 9.23 Å². The molecule has 0 heterocycles. The van der Waals surface area contributed by atoms with E-state index in [9.17, 15) is 0 Å². The first kappa shape index (κ1) is 11.5. The molecule has 0 atom stereocenters. The van der Waals surface area contributed by atoms with Crippen LogP contribution in [-0.4, -0.2) is 7.11 Å². The summed E-state index contributed by atoms with van der Waals surface area (Å²) in [5.41, 5.74) is 3.53. The van der Waals surface area contributed by atoms with Crippen LogP contribution in [0.1, 0.15) is 16.7 Å². The van der Waals surface area contributed by atoms with Crippen molar-refractivity contribution in [2.45, 2.75) is 6.92 Å². The molecule has 0 bridgehead atoms. The Balaban J connectivity index is 2.40. The Morgan fingerprint density at radius 3 is 2.24 bits per heavy atom. The summed E-state index contributed by atoms with van der Waals surface area (Å²) in [6.45, 7) is 2.10. The van der Waals surface area contributed by atoms with Crippen LogP contribution in [0.5, 0.6) is 0 Å². The zero-order chi connectivity index (χ0) is 12.1. The van der Waals surface area contributed by atoms with Gasteiger partial charge >= 0.3 is 0 Å². The van der Waals surface area contributed by atoms with E-state index in [1.54, 1.807) is 7.11 Å². The molecule has 0 radical (unpaired) electrons. The number of ether oxygens (including phenoxy) is 1. The molecule has 86 valence electrons. The largest absolute Gasteiger partial charge is 0.496 e. The minimum absolute atomic E-state index is 0.889. The highest BCUT2D eigenvalue weighted by atomic mass is 16.5. The lowest BCUT2D eigenvalue weighted by atomic mass is 10.1. The van der Waals surface area contributed by atoms with E-state index in [1.807, 2.05) is 42.5 Å². The van der Waals surface area contributed by atoms with E-state index in [0.717, 1.165) is 11.3 Å². The van der Waals surface area contributed by atoms with E-state index in [1.165, 1.54) is 11.1 Å². The van der Waals surface area contributed by atoms with Crippen molar-refractivity contribution in [1.29, 1.82) is 0 Å². The Morgan fingerprint density at radius 2 is 1.59 bits per heavy atom. The summed E-state index contributed by atoms with van der Waals surface area (Å²) < 4.78 is 5.46. The van der Waals surface area contributed by atoms with Gasteiger partial charge in [-0.2, -0.15) is 0 Å². The molecule has 0 fully saturated rings. The van der Waals surface area contributed by atoms with Gasteiger partial charge in [0.25, 0.3) is 0 Å². The number of benzene rings is 2. The second-order valence-corrected chi connectivity index (χ2v) is 3.94. The highest BCUT2D eigenvalue weighted by Gasteiger charge is 2.01. The zero-order valence-electron chi connectivity index (χ0n) is 10.2. The fraction of sp³-hybridized carbons (Fsp3) is 0.125. The number of rotatable bonds is 3. The molecule has 2 aromatic carbocycles. The summed E-state index contributed by atoms with van der Waals surface area (Å²) in [5.74, 6) is 0.889. The summed E-state index contributed by atoms with van der Waals surface area (Å²) in [6, 6.07) is 18.4. The fourth-order valence-electron chi connectivity index (χ4n) is 1.75. The smallest absolute Gasteiger partial charge is 0.126 e. The average molecular weight is 224 g/mol. The standard InChI is InChI=1S/C16H16O/c1-13-8-6-7-11-15(13)12-16(17-2)14-9-4-3-5-10-14/h3-12H,1-2H3/b16-12+. The zero-order valence-corrected chi connectivity index (χ0v) is 10.2. The lowest BCUT2D eigenvalue weighted by Gasteiger charge is -2.07. The van der Waals surface area contributed by atoms with Gasteiger partial charge in [0, 0.05) is 5.56 Å². The Morgan fingerprint density at radius 1 is 0.941 bits per heavy atom. The van der Waals surface area contributed by atoms with Crippen molar-refractivity contribution < 1.29 is 4.74 Å². The van der Waals surface area contributed by atoms with Crippen LogP contribution in [0.2, 0.25) is 0 Å². The van der Waals surface area contributed by atoms with Crippen molar-refractivity contribution in [3.63, 3.8) is 0 Å². The third-order valence-electron chi connectivity index (χ3n) is 2.75. The highest BCUT2D eigenvalue weighted by molar-refractivity contribution is 5.78. The molecule has 0 saturated heterocycles. The minimum Gasteiger partial charge on any atom is -0.496 e. The Hall–Kier alpha value is -2.02. The third-order valence-corrected chi connectivity index (χ3v) is 2.75. The van der Waals surface area contributed by atoms with Crippen LogP contribution in [0.4, 0.5) is 0 Å². The Kier molecular flexibility index (Phi) is 3.61. The predicted molar refractivity (Wildman–Crippen MR) is 72.5 cm³/mol. The van der Waals surface area contributed by atoms with E-state index >= 15 is 0 Å². The first-order chi connectivity index (χ1) is 8.31. The molecule has 0 spiro atoms. The molecule has 0 amide bonds. The first-order valence-electron chi connectivity index (χ1n) is 5.68. The lowest BCUT2D eigenvalue weighted by Crippen LogP contribution is -1.88. The molecular weight excluding hydrogens is 208 g/mol. The van der Waals surface area contributed by atoms with Crippen LogP contribution in [-0.2, 0) is 4.74 Å². The normalized spacial score (nSPS) is 11.3. The molecular formula is C16H16O. The summed E-state index contributed by atoms with van der Waals surface area (Å²) in [6.07, 6.45) is 2.07. The van der Waals surface area contributed by atoms with Crippen molar-refractivity contribution in [2.24, 2.45) is 0 Å². The van der Waals surface area contributed by atoms with E-state index in [4.69, 9.17) is 4.74 Å². The van der Waals surface area contributed by atoms with Gasteiger partial charge in [0.1, 0.15) is 5.76 Å². The van der Waals surface area contributed by atoms with Gasteiger partial charge in [0.15, 0.2) is 0 Å². The Bertz CT molecular complexity index is 512. The fourth-order valence-corrected chi connectivity index (χ4v) is 1.75. The summed E-state index contributed by atoms with van der Waals surface area (Å²) in [7, 11) is 1.71. The van der Waals surface area contributed by atoms with E-state index in [2.05, 4.69) is 25.1 Å². The van der Waals surface area contributed by atoms with Crippen LogP contribution in [0.25, 0.3) is 11.8 Å². The van der Waals surface area contributed by atoms with Gasteiger partial charge in [0.2, 0.25) is 0 Å². The van der Waals surface area contributed by atoms with Gasteiger partial charge in [-0.25, -0.2) is 0 Å². The molecule has 2 aromatic rings.